The summed E-state index contributed by atoms with van der Waals surface area (Å²) in [5, 5.41) is 3.79. The predicted octanol–water partition coefficient (Wildman–Crippen LogP) is 4.22. The van der Waals surface area contributed by atoms with Gasteiger partial charge in [0.25, 0.3) is 0 Å². The van der Waals surface area contributed by atoms with Gasteiger partial charge in [-0.2, -0.15) is 13.2 Å². The van der Waals surface area contributed by atoms with Crippen molar-refractivity contribution in [2.75, 3.05) is 20.3 Å². The van der Waals surface area contributed by atoms with Crippen LogP contribution in [-0.4, -0.2) is 26.4 Å². The van der Waals surface area contributed by atoms with E-state index in [-0.39, 0.29) is 12.6 Å². The van der Waals surface area contributed by atoms with Gasteiger partial charge in [0.15, 0.2) is 0 Å². The molecule has 1 unspecified atom stereocenters. The molecule has 7 heteroatoms. The van der Waals surface area contributed by atoms with Gasteiger partial charge in [0.2, 0.25) is 0 Å². The van der Waals surface area contributed by atoms with E-state index in [1.54, 1.807) is 25.2 Å². The Morgan fingerprint density at radius 1 is 1.32 bits per heavy atom. The number of halogens is 5. The molecule has 1 N–H and O–H groups in total. The Balaban J connectivity index is 2.56. The SMILES string of the molecule is CNC(CCOCC(F)(F)F)c1cccc(Cl)c1Cl. The highest BCUT2D eigenvalue weighted by molar-refractivity contribution is 6.42. The summed E-state index contributed by atoms with van der Waals surface area (Å²) in [6.07, 6.45) is -3.94. The van der Waals surface area contributed by atoms with E-state index in [0.29, 0.717) is 16.5 Å². The molecule has 19 heavy (non-hydrogen) atoms. The van der Waals surface area contributed by atoms with Crippen LogP contribution >= 0.6 is 23.2 Å². The van der Waals surface area contributed by atoms with Crippen molar-refractivity contribution >= 4 is 23.2 Å². The minimum absolute atomic E-state index is 0.0200. The molecule has 108 valence electrons. The van der Waals surface area contributed by atoms with E-state index >= 15 is 0 Å². The highest BCUT2D eigenvalue weighted by Crippen LogP contribution is 2.31. The molecular weight excluding hydrogens is 302 g/mol. The van der Waals surface area contributed by atoms with Crippen LogP contribution in [0.2, 0.25) is 10.0 Å². The minimum atomic E-state index is -4.30. The Morgan fingerprint density at radius 2 is 2.00 bits per heavy atom. The average molecular weight is 316 g/mol. The molecule has 1 rings (SSSR count). The molecule has 0 bridgehead atoms. The highest BCUT2D eigenvalue weighted by Gasteiger charge is 2.27. The number of ether oxygens (including phenoxy) is 1. The summed E-state index contributed by atoms with van der Waals surface area (Å²) in [6, 6.07) is 4.96. The summed E-state index contributed by atoms with van der Waals surface area (Å²) in [7, 11) is 1.70. The van der Waals surface area contributed by atoms with E-state index in [4.69, 9.17) is 23.2 Å². The van der Waals surface area contributed by atoms with Gasteiger partial charge in [-0.1, -0.05) is 35.3 Å². The topological polar surface area (TPSA) is 21.3 Å². The maximum absolute atomic E-state index is 11.9. The van der Waals surface area contributed by atoms with E-state index in [9.17, 15) is 13.2 Å². The standard InChI is InChI=1S/C12H14Cl2F3NO/c1-18-10(5-6-19-7-12(15,16)17)8-3-2-4-9(13)11(8)14/h2-4,10,18H,5-7H2,1H3. The largest absolute Gasteiger partial charge is 0.411 e. The Hall–Kier alpha value is -0.490. The van der Waals surface area contributed by atoms with Crippen molar-refractivity contribution in [3.63, 3.8) is 0 Å². The number of alkyl halides is 3. The fraction of sp³-hybridized carbons (Fsp3) is 0.500. The molecule has 0 aliphatic heterocycles. The lowest BCUT2D eigenvalue weighted by molar-refractivity contribution is -0.174. The first-order valence-electron chi connectivity index (χ1n) is 5.61. The lowest BCUT2D eigenvalue weighted by Gasteiger charge is -2.18. The second kappa shape index (κ2) is 7.33. The van der Waals surface area contributed by atoms with Crippen molar-refractivity contribution in [2.45, 2.75) is 18.6 Å². The van der Waals surface area contributed by atoms with E-state index in [1.165, 1.54) is 0 Å². The molecule has 0 aliphatic rings. The molecule has 1 atom stereocenters. The number of nitrogens with one attached hydrogen (secondary N) is 1. The molecular formula is C12H14Cl2F3NO. The van der Waals surface area contributed by atoms with Crippen LogP contribution < -0.4 is 5.32 Å². The first-order valence-corrected chi connectivity index (χ1v) is 6.36. The van der Waals surface area contributed by atoms with Crippen LogP contribution in [-0.2, 0) is 4.74 Å². The first-order chi connectivity index (χ1) is 8.85. The smallest absolute Gasteiger partial charge is 0.372 e. The Kier molecular flexibility index (Phi) is 6.39. The number of hydrogen-bond acceptors (Lipinski definition) is 2. The van der Waals surface area contributed by atoms with Crippen molar-refractivity contribution in [1.82, 2.24) is 5.32 Å². The van der Waals surface area contributed by atoms with Crippen LogP contribution in [0.4, 0.5) is 13.2 Å². The number of hydrogen-bond donors (Lipinski definition) is 1. The molecule has 0 radical (unpaired) electrons. The van der Waals surface area contributed by atoms with Gasteiger partial charge in [0.05, 0.1) is 10.0 Å². The zero-order valence-corrected chi connectivity index (χ0v) is 11.7. The molecule has 0 amide bonds. The Labute approximate surface area is 119 Å². The van der Waals surface area contributed by atoms with Crippen LogP contribution in [0.5, 0.6) is 0 Å². The third kappa shape index (κ3) is 5.57. The third-order valence-corrected chi connectivity index (χ3v) is 3.36. The number of benzene rings is 1. The van der Waals surface area contributed by atoms with Crippen LogP contribution in [0.3, 0.4) is 0 Å². The molecule has 0 spiro atoms. The predicted molar refractivity (Wildman–Crippen MR) is 69.8 cm³/mol. The van der Waals surface area contributed by atoms with Crippen molar-refractivity contribution in [1.29, 1.82) is 0 Å². The van der Waals surface area contributed by atoms with Crippen LogP contribution in [0, 0.1) is 0 Å². The average Bonchev–Trinajstić information content (AvgIpc) is 2.32. The zero-order chi connectivity index (χ0) is 14.5. The maximum Gasteiger partial charge on any atom is 0.411 e. The minimum Gasteiger partial charge on any atom is -0.372 e. The zero-order valence-electron chi connectivity index (χ0n) is 10.2. The molecule has 0 saturated heterocycles. The van der Waals surface area contributed by atoms with Crippen molar-refractivity contribution < 1.29 is 17.9 Å². The van der Waals surface area contributed by atoms with Crippen LogP contribution in [0.25, 0.3) is 0 Å². The molecule has 1 aromatic rings. The van der Waals surface area contributed by atoms with Gasteiger partial charge in [-0.15, -0.1) is 0 Å². The molecule has 0 fully saturated rings. The summed E-state index contributed by atoms with van der Waals surface area (Å²) in [5.74, 6) is 0. The van der Waals surface area contributed by atoms with E-state index < -0.39 is 12.8 Å². The lowest BCUT2D eigenvalue weighted by atomic mass is 10.0. The lowest BCUT2D eigenvalue weighted by Crippen LogP contribution is -2.22. The normalized spacial score (nSPS) is 13.6. The second-order valence-corrected chi connectivity index (χ2v) is 4.73. The summed E-state index contributed by atoms with van der Waals surface area (Å²) < 4.78 is 40.3. The summed E-state index contributed by atoms with van der Waals surface area (Å²) >= 11 is 12.0. The van der Waals surface area contributed by atoms with Crippen molar-refractivity contribution in [3.8, 4) is 0 Å². The number of rotatable bonds is 6. The van der Waals surface area contributed by atoms with Gasteiger partial charge in [-0.25, -0.2) is 0 Å². The maximum atomic E-state index is 11.9. The van der Waals surface area contributed by atoms with E-state index in [1.807, 2.05) is 0 Å². The highest BCUT2D eigenvalue weighted by atomic mass is 35.5. The summed E-state index contributed by atoms with van der Waals surface area (Å²) in [5.41, 5.74) is 0.743. The fourth-order valence-electron chi connectivity index (χ4n) is 1.63. The molecule has 0 saturated carbocycles. The molecule has 0 aromatic heterocycles. The van der Waals surface area contributed by atoms with Crippen molar-refractivity contribution in [2.24, 2.45) is 0 Å². The fourth-order valence-corrected chi connectivity index (χ4v) is 2.07. The van der Waals surface area contributed by atoms with Crippen LogP contribution in [0.15, 0.2) is 18.2 Å². The van der Waals surface area contributed by atoms with Gasteiger partial charge >= 0.3 is 6.18 Å². The molecule has 0 aliphatic carbocycles. The van der Waals surface area contributed by atoms with Gasteiger partial charge in [-0.05, 0) is 25.1 Å². The molecule has 2 nitrogen and oxygen atoms in total. The van der Waals surface area contributed by atoms with Gasteiger partial charge in [0.1, 0.15) is 6.61 Å². The van der Waals surface area contributed by atoms with Gasteiger partial charge in [-0.3, -0.25) is 0 Å². The second-order valence-electron chi connectivity index (χ2n) is 3.94. The first kappa shape index (κ1) is 16.6. The van der Waals surface area contributed by atoms with Gasteiger partial charge < -0.3 is 10.1 Å². The Morgan fingerprint density at radius 3 is 2.58 bits per heavy atom. The van der Waals surface area contributed by atoms with E-state index in [2.05, 4.69) is 10.1 Å². The summed E-state index contributed by atoms with van der Waals surface area (Å²) in [4.78, 5) is 0. The van der Waals surface area contributed by atoms with Crippen molar-refractivity contribution in [3.05, 3.63) is 33.8 Å². The summed E-state index contributed by atoms with van der Waals surface area (Å²) in [6.45, 7) is -1.26. The monoisotopic (exact) mass is 315 g/mol. The molecule has 0 heterocycles. The van der Waals surface area contributed by atoms with Crippen LogP contribution in [0.1, 0.15) is 18.0 Å². The Bertz CT molecular complexity index is 412. The molecule has 1 aromatic carbocycles. The third-order valence-electron chi connectivity index (χ3n) is 2.52. The van der Waals surface area contributed by atoms with E-state index in [0.717, 1.165) is 5.56 Å². The van der Waals surface area contributed by atoms with Gasteiger partial charge in [0, 0.05) is 12.6 Å². The quantitative estimate of drug-likeness (QED) is 0.793.